The Morgan fingerprint density at radius 3 is 2.57 bits per heavy atom. The molecule has 0 aromatic carbocycles. The Labute approximate surface area is 121 Å². The van der Waals surface area contributed by atoms with Crippen LogP contribution in [0.5, 0.6) is 0 Å². The Balaban J connectivity index is 1.56. The first kappa shape index (κ1) is 16.9. The summed E-state index contributed by atoms with van der Waals surface area (Å²) in [5.74, 6) is 0.430. The van der Waals surface area contributed by atoms with Crippen molar-refractivity contribution in [1.82, 2.24) is 10.2 Å². The number of ether oxygens (including phenoxy) is 2. The van der Waals surface area contributed by atoms with Gasteiger partial charge in [-0.1, -0.05) is 0 Å². The van der Waals surface area contributed by atoms with Gasteiger partial charge in [-0.25, -0.2) is 0 Å². The molecule has 0 aromatic heterocycles. The number of hydrogen-bond acceptors (Lipinski definition) is 4. The summed E-state index contributed by atoms with van der Waals surface area (Å²) in [7, 11) is 0. The van der Waals surface area contributed by atoms with Gasteiger partial charge in [0.05, 0.1) is 12.7 Å². The normalized spacial score (nSPS) is 30.9. The molecule has 1 heterocycles. The first-order chi connectivity index (χ1) is 10.0. The van der Waals surface area contributed by atoms with Crippen LogP contribution in [0.3, 0.4) is 0 Å². The molecule has 1 aliphatic carbocycles. The Morgan fingerprint density at radius 2 is 1.90 bits per heavy atom. The van der Waals surface area contributed by atoms with Gasteiger partial charge in [0.15, 0.2) is 0 Å². The molecule has 1 aliphatic heterocycles. The Morgan fingerprint density at radius 1 is 1.14 bits per heavy atom. The summed E-state index contributed by atoms with van der Waals surface area (Å²) in [5.41, 5.74) is 0. The van der Waals surface area contributed by atoms with Gasteiger partial charge in [0.2, 0.25) is 0 Å². The summed E-state index contributed by atoms with van der Waals surface area (Å²) in [6.07, 6.45) is 2.01. The van der Waals surface area contributed by atoms with Crippen molar-refractivity contribution in [2.45, 2.75) is 44.6 Å². The average molecular weight is 314 g/mol. The fraction of sp³-hybridized carbons (Fsp3) is 1.00. The fourth-order valence-electron chi connectivity index (χ4n) is 2.93. The second-order valence-corrected chi connectivity index (χ2v) is 5.69. The van der Waals surface area contributed by atoms with E-state index in [0.29, 0.717) is 25.3 Å². The maximum Gasteiger partial charge on any atom is 0.345 e. The van der Waals surface area contributed by atoms with Crippen molar-refractivity contribution in [1.29, 1.82) is 0 Å². The first-order valence-corrected chi connectivity index (χ1v) is 7.32. The van der Waals surface area contributed by atoms with E-state index in [4.69, 9.17) is 0 Å². The van der Waals surface area contributed by atoms with Crippen LogP contribution in [0.2, 0.25) is 0 Å². The molecule has 1 saturated heterocycles. The molecular formula is C13H22F4N2O2. The number of halogens is 4. The molecule has 4 nitrogen and oxygen atoms in total. The van der Waals surface area contributed by atoms with Gasteiger partial charge in [-0.2, -0.15) is 17.6 Å². The van der Waals surface area contributed by atoms with E-state index in [1.807, 2.05) is 0 Å². The highest BCUT2D eigenvalue weighted by Gasteiger charge is 2.32. The van der Waals surface area contributed by atoms with Gasteiger partial charge in [0, 0.05) is 25.7 Å². The molecule has 2 fully saturated rings. The number of piperazine rings is 1. The highest BCUT2D eigenvalue weighted by atomic mass is 19.3. The van der Waals surface area contributed by atoms with E-state index in [1.54, 1.807) is 0 Å². The third-order valence-electron chi connectivity index (χ3n) is 4.10. The van der Waals surface area contributed by atoms with Crippen LogP contribution in [0, 0.1) is 5.92 Å². The predicted octanol–water partition coefficient (Wildman–Crippen LogP) is 1.91. The van der Waals surface area contributed by atoms with Crippen molar-refractivity contribution in [3.05, 3.63) is 0 Å². The molecule has 0 radical (unpaired) electrons. The monoisotopic (exact) mass is 314 g/mol. The number of rotatable bonds is 8. The molecule has 1 N–H and O–H groups in total. The lowest BCUT2D eigenvalue weighted by molar-refractivity contribution is -0.191. The summed E-state index contributed by atoms with van der Waals surface area (Å²) >= 11 is 0. The lowest BCUT2D eigenvalue weighted by Gasteiger charge is -2.38. The molecule has 1 saturated carbocycles. The molecule has 124 valence electrons. The molecule has 2 aliphatic rings. The van der Waals surface area contributed by atoms with Gasteiger partial charge in [0.1, 0.15) is 0 Å². The molecule has 1 atom stereocenters. The minimum atomic E-state index is -2.73. The fourth-order valence-corrected chi connectivity index (χ4v) is 2.93. The van der Waals surface area contributed by atoms with E-state index in [2.05, 4.69) is 19.7 Å². The standard InChI is InChI=1S/C13H22F4N2O2/c14-12(15)20-8-10-7-19(4-2-18-10)3-1-9-5-11(6-9)21-13(16)17/h9-13,18H,1-8H2/t9?,10-,11?/m0/s1. The Hall–Kier alpha value is -0.440. The average Bonchev–Trinajstić information content (AvgIpc) is 2.39. The summed E-state index contributed by atoms with van der Waals surface area (Å²) in [4.78, 5) is 2.21. The zero-order valence-electron chi connectivity index (χ0n) is 11.8. The van der Waals surface area contributed by atoms with Gasteiger partial charge in [-0.3, -0.25) is 0 Å². The SMILES string of the molecule is FC(F)OC[C@@H]1CN(CCC2CC(OC(F)F)C2)CCN1. The maximum absolute atomic E-state index is 12.0. The van der Waals surface area contributed by atoms with Crippen molar-refractivity contribution < 1.29 is 27.0 Å². The number of alkyl halides is 4. The summed E-state index contributed by atoms with van der Waals surface area (Å²) in [5, 5.41) is 3.15. The third kappa shape index (κ3) is 6.06. The van der Waals surface area contributed by atoms with E-state index in [0.717, 1.165) is 26.1 Å². The first-order valence-electron chi connectivity index (χ1n) is 7.32. The van der Waals surface area contributed by atoms with E-state index in [-0.39, 0.29) is 18.8 Å². The second kappa shape index (κ2) is 8.26. The van der Waals surface area contributed by atoms with Crippen LogP contribution < -0.4 is 5.32 Å². The summed E-state index contributed by atoms with van der Waals surface area (Å²) in [6.45, 7) is -2.26. The van der Waals surface area contributed by atoms with Gasteiger partial charge >= 0.3 is 13.2 Å². The quantitative estimate of drug-likeness (QED) is 0.694. The molecule has 0 amide bonds. The molecular weight excluding hydrogens is 292 g/mol. The number of hydrogen-bond donors (Lipinski definition) is 1. The smallest absolute Gasteiger partial charge is 0.321 e. The largest absolute Gasteiger partial charge is 0.345 e. The molecule has 0 unspecified atom stereocenters. The number of nitrogens with zero attached hydrogens (tertiary/aromatic N) is 1. The van der Waals surface area contributed by atoms with Gasteiger partial charge in [0.25, 0.3) is 0 Å². The Bertz CT molecular complexity index is 304. The minimum Gasteiger partial charge on any atom is -0.321 e. The zero-order valence-corrected chi connectivity index (χ0v) is 11.8. The van der Waals surface area contributed by atoms with Crippen molar-refractivity contribution in [3.63, 3.8) is 0 Å². The van der Waals surface area contributed by atoms with Crippen molar-refractivity contribution >= 4 is 0 Å². The van der Waals surface area contributed by atoms with Crippen LogP contribution in [-0.4, -0.2) is 63.1 Å². The predicted molar refractivity (Wildman–Crippen MR) is 68.4 cm³/mol. The topological polar surface area (TPSA) is 33.7 Å². The Kier molecular flexibility index (Phi) is 6.66. The second-order valence-electron chi connectivity index (χ2n) is 5.69. The van der Waals surface area contributed by atoms with Crippen LogP contribution in [0.4, 0.5) is 17.6 Å². The van der Waals surface area contributed by atoms with Gasteiger partial charge in [-0.15, -0.1) is 0 Å². The van der Waals surface area contributed by atoms with E-state index in [9.17, 15) is 17.6 Å². The molecule has 0 spiro atoms. The van der Waals surface area contributed by atoms with E-state index >= 15 is 0 Å². The highest BCUT2D eigenvalue weighted by Crippen LogP contribution is 2.33. The zero-order chi connectivity index (χ0) is 15.2. The third-order valence-corrected chi connectivity index (χ3v) is 4.10. The molecule has 0 bridgehead atoms. The van der Waals surface area contributed by atoms with E-state index < -0.39 is 13.2 Å². The van der Waals surface area contributed by atoms with Gasteiger partial charge in [-0.05, 0) is 31.7 Å². The van der Waals surface area contributed by atoms with Crippen LogP contribution in [-0.2, 0) is 9.47 Å². The molecule has 0 aromatic rings. The van der Waals surface area contributed by atoms with Crippen molar-refractivity contribution in [2.75, 3.05) is 32.8 Å². The van der Waals surface area contributed by atoms with Crippen molar-refractivity contribution in [2.24, 2.45) is 5.92 Å². The maximum atomic E-state index is 12.0. The van der Waals surface area contributed by atoms with Crippen LogP contribution in [0.1, 0.15) is 19.3 Å². The van der Waals surface area contributed by atoms with Crippen molar-refractivity contribution in [3.8, 4) is 0 Å². The van der Waals surface area contributed by atoms with Crippen LogP contribution in [0.15, 0.2) is 0 Å². The van der Waals surface area contributed by atoms with Crippen LogP contribution in [0.25, 0.3) is 0 Å². The molecule has 8 heteroatoms. The summed E-state index contributed by atoms with van der Waals surface area (Å²) in [6, 6.07) is -0.0796. The summed E-state index contributed by atoms with van der Waals surface area (Å²) < 4.78 is 56.7. The van der Waals surface area contributed by atoms with Crippen LogP contribution >= 0.6 is 0 Å². The molecule has 2 rings (SSSR count). The lowest BCUT2D eigenvalue weighted by atomic mass is 9.80. The number of nitrogens with one attached hydrogen (secondary N) is 1. The van der Waals surface area contributed by atoms with Gasteiger partial charge < -0.3 is 19.7 Å². The van der Waals surface area contributed by atoms with E-state index in [1.165, 1.54) is 0 Å². The highest BCUT2D eigenvalue weighted by molar-refractivity contribution is 4.83. The molecule has 21 heavy (non-hydrogen) atoms. The minimum absolute atomic E-state index is 0.00188. The lowest BCUT2D eigenvalue weighted by Crippen LogP contribution is -2.53.